The minimum absolute atomic E-state index is 0.109. The van der Waals surface area contributed by atoms with Crippen molar-refractivity contribution in [2.75, 3.05) is 45.0 Å². The Morgan fingerprint density at radius 1 is 1.17 bits per heavy atom. The molecule has 0 N–H and O–H groups in total. The highest BCUT2D eigenvalue weighted by Gasteiger charge is 2.24. The van der Waals surface area contributed by atoms with Crippen LogP contribution in [0.25, 0.3) is 0 Å². The second kappa shape index (κ2) is 7.79. The Morgan fingerprint density at radius 2 is 2.00 bits per heavy atom. The number of pyridine rings is 1. The first-order chi connectivity index (χ1) is 11.2. The third kappa shape index (κ3) is 4.45. The van der Waals surface area contributed by atoms with Gasteiger partial charge in [0.1, 0.15) is 0 Å². The van der Waals surface area contributed by atoms with Gasteiger partial charge in [-0.3, -0.25) is 19.5 Å². The first kappa shape index (κ1) is 16.3. The van der Waals surface area contributed by atoms with E-state index >= 15 is 0 Å². The van der Waals surface area contributed by atoms with Crippen LogP contribution in [0.3, 0.4) is 0 Å². The molecule has 23 heavy (non-hydrogen) atoms. The van der Waals surface area contributed by atoms with E-state index < -0.39 is 0 Å². The molecular formula is C16H22N4O2S. The molecular weight excluding hydrogens is 312 g/mol. The summed E-state index contributed by atoms with van der Waals surface area (Å²) in [6, 6.07) is 5.95. The number of carbonyl (C=O) groups excluding carboxylic acids is 2. The summed E-state index contributed by atoms with van der Waals surface area (Å²) in [7, 11) is 0. The Balaban J connectivity index is 1.39. The Hall–Kier alpha value is -1.60. The standard InChI is InChI=1S/C16H22N4O2S/c21-15(4-6-20-11-12-23-16(20)22)19-9-7-18(8-10-19)13-14-3-1-2-5-17-14/h1-3,5H,4,6-13H2. The monoisotopic (exact) mass is 334 g/mol. The molecule has 2 amide bonds. The predicted octanol–water partition coefficient (Wildman–Crippen LogP) is 1.28. The molecule has 1 aromatic rings. The highest BCUT2D eigenvalue weighted by Crippen LogP contribution is 2.17. The topological polar surface area (TPSA) is 56.8 Å². The predicted molar refractivity (Wildman–Crippen MR) is 90.1 cm³/mol. The lowest BCUT2D eigenvalue weighted by Gasteiger charge is -2.34. The molecule has 3 heterocycles. The molecule has 0 atom stereocenters. The summed E-state index contributed by atoms with van der Waals surface area (Å²) in [6.07, 6.45) is 2.25. The molecule has 0 saturated carbocycles. The van der Waals surface area contributed by atoms with Crippen molar-refractivity contribution in [3.63, 3.8) is 0 Å². The van der Waals surface area contributed by atoms with Crippen molar-refractivity contribution < 1.29 is 9.59 Å². The first-order valence-corrected chi connectivity index (χ1v) is 9.03. The van der Waals surface area contributed by atoms with Gasteiger partial charge in [0.15, 0.2) is 0 Å². The average molecular weight is 334 g/mol. The third-order valence-corrected chi connectivity index (χ3v) is 5.17. The molecule has 2 aliphatic heterocycles. The molecule has 2 aliphatic rings. The summed E-state index contributed by atoms with van der Waals surface area (Å²) in [5, 5.41) is 0.109. The fourth-order valence-electron chi connectivity index (χ4n) is 2.89. The fraction of sp³-hybridized carbons (Fsp3) is 0.562. The molecule has 0 bridgehead atoms. The highest BCUT2D eigenvalue weighted by atomic mass is 32.2. The number of thioether (sulfide) groups is 1. The van der Waals surface area contributed by atoms with Crippen LogP contribution in [0.2, 0.25) is 0 Å². The second-order valence-corrected chi connectivity index (χ2v) is 6.88. The number of carbonyl (C=O) groups is 2. The van der Waals surface area contributed by atoms with Gasteiger partial charge in [-0.2, -0.15) is 0 Å². The highest BCUT2D eigenvalue weighted by molar-refractivity contribution is 8.13. The maximum atomic E-state index is 12.3. The van der Waals surface area contributed by atoms with E-state index in [4.69, 9.17) is 0 Å². The van der Waals surface area contributed by atoms with Crippen molar-refractivity contribution in [3.05, 3.63) is 30.1 Å². The molecule has 2 fully saturated rings. The smallest absolute Gasteiger partial charge is 0.281 e. The van der Waals surface area contributed by atoms with Gasteiger partial charge in [0.05, 0.1) is 5.69 Å². The Morgan fingerprint density at radius 3 is 2.65 bits per heavy atom. The van der Waals surface area contributed by atoms with Gasteiger partial charge in [0.25, 0.3) is 5.24 Å². The van der Waals surface area contributed by atoms with Crippen LogP contribution in [0.1, 0.15) is 12.1 Å². The van der Waals surface area contributed by atoms with Crippen molar-refractivity contribution in [1.82, 2.24) is 19.7 Å². The van der Waals surface area contributed by atoms with E-state index in [1.54, 1.807) is 4.90 Å². The number of amides is 2. The number of rotatable bonds is 5. The van der Waals surface area contributed by atoms with Crippen LogP contribution in [-0.4, -0.2) is 75.9 Å². The summed E-state index contributed by atoms with van der Waals surface area (Å²) < 4.78 is 0. The fourth-order valence-corrected chi connectivity index (χ4v) is 3.75. The number of nitrogens with zero attached hydrogens (tertiary/aromatic N) is 4. The molecule has 0 unspecified atom stereocenters. The summed E-state index contributed by atoms with van der Waals surface area (Å²) in [6.45, 7) is 5.43. The van der Waals surface area contributed by atoms with Gasteiger partial charge in [-0.15, -0.1) is 0 Å². The van der Waals surface area contributed by atoms with Gasteiger partial charge in [0.2, 0.25) is 5.91 Å². The van der Waals surface area contributed by atoms with E-state index in [1.807, 2.05) is 29.3 Å². The quantitative estimate of drug-likeness (QED) is 0.812. The number of aromatic nitrogens is 1. The Labute approximate surface area is 140 Å². The minimum Gasteiger partial charge on any atom is -0.340 e. The summed E-state index contributed by atoms with van der Waals surface area (Å²) in [4.78, 5) is 34.2. The van der Waals surface area contributed by atoms with Crippen molar-refractivity contribution >= 4 is 22.9 Å². The van der Waals surface area contributed by atoms with Gasteiger partial charge in [-0.25, -0.2) is 0 Å². The lowest BCUT2D eigenvalue weighted by atomic mass is 10.2. The number of hydrogen-bond donors (Lipinski definition) is 0. The van der Waals surface area contributed by atoms with Crippen molar-refractivity contribution in [3.8, 4) is 0 Å². The Bertz CT molecular complexity index is 546. The van der Waals surface area contributed by atoms with Crippen LogP contribution in [0.5, 0.6) is 0 Å². The summed E-state index contributed by atoms with van der Waals surface area (Å²) in [5.41, 5.74) is 1.07. The van der Waals surface area contributed by atoms with Gasteiger partial charge < -0.3 is 9.80 Å². The third-order valence-electron chi connectivity index (χ3n) is 4.28. The van der Waals surface area contributed by atoms with E-state index in [-0.39, 0.29) is 11.1 Å². The maximum Gasteiger partial charge on any atom is 0.281 e. The van der Waals surface area contributed by atoms with Gasteiger partial charge >= 0.3 is 0 Å². The van der Waals surface area contributed by atoms with Crippen LogP contribution in [0.15, 0.2) is 24.4 Å². The maximum absolute atomic E-state index is 12.3. The van der Waals surface area contributed by atoms with Crippen LogP contribution < -0.4 is 0 Å². The normalized spacial score (nSPS) is 19.4. The van der Waals surface area contributed by atoms with E-state index in [1.165, 1.54) is 11.8 Å². The molecule has 0 aromatic carbocycles. The number of piperazine rings is 1. The molecule has 3 rings (SSSR count). The Kier molecular flexibility index (Phi) is 5.51. The zero-order chi connectivity index (χ0) is 16.1. The summed E-state index contributed by atoms with van der Waals surface area (Å²) in [5.74, 6) is 1.01. The van der Waals surface area contributed by atoms with Crippen LogP contribution >= 0.6 is 11.8 Å². The molecule has 0 radical (unpaired) electrons. The molecule has 6 nitrogen and oxygen atoms in total. The lowest BCUT2D eigenvalue weighted by molar-refractivity contribution is -0.133. The van der Waals surface area contributed by atoms with E-state index in [0.717, 1.165) is 50.7 Å². The van der Waals surface area contributed by atoms with Crippen LogP contribution in [0, 0.1) is 0 Å². The zero-order valence-electron chi connectivity index (χ0n) is 13.2. The molecule has 124 valence electrons. The molecule has 0 spiro atoms. The molecule has 1 aromatic heterocycles. The van der Waals surface area contributed by atoms with Crippen molar-refractivity contribution in [2.45, 2.75) is 13.0 Å². The van der Waals surface area contributed by atoms with Gasteiger partial charge in [-0.05, 0) is 12.1 Å². The van der Waals surface area contributed by atoms with E-state index in [2.05, 4.69) is 9.88 Å². The van der Waals surface area contributed by atoms with Gasteiger partial charge in [-0.1, -0.05) is 17.8 Å². The minimum atomic E-state index is 0.109. The van der Waals surface area contributed by atoms with Crippen molar-refractivity contribution in [2.24, 2.45) is 0 Å². The molecule has 7 heteroatoms. The van der Waals surface area contributed by atoms with Gasteiger partial charge in [0, 0.05) is 64.2 Å². The van der Waals surface area contributed by atoms with Crippen LogP contribution in [-0.2, 0) is 11.3 Å². The SMILES string of the molecule is O=C(CCN1CCSC1=O)N1CCN(Cc2ccccn2)CC1. The zero-order valence-corrected chi connectivity index (χ0v) is 14.0. The molecule has 0 aliphatic carbocycles. The largest absolute Gasteiger partial charge is 0.340 e. The van der Waals surface area contributed by atoms with E-state index in [9.17, 15) is 9.59 Å². The van der Waals surface area contributed by atoms with Crippen LogP contribution in [0.4, 0.5) is 4.79 Å². The number of hydrogen-bond acceptors (Lipinski definition) is 5. The second-order valence-electron chi connectivity index (χ2n) is 5.83. The van der Waals surface area contributed by atoms with E-state index in [0.29, 0.717) is 13.0 Å². The summed E-state index contributed by atoms with van der Waals surface area (Å²) >= 11 is 1.34. The lowest BCUT2D eigenvalue weighted by Crippen LogP contribution is -2.48. The average Bonchev–Trinajstić information content (AvgIpc) is 2.99. The van der Waals surface area contributed by atoms with Crippen molar-refractivity contribution in [1.29, 1.82) is 0 Å². The molecule has 2 saturated heterocycles. The first-order valence-electron chi connectivity index (χ1n) is 8.04.